The topological polar surface area (TPSA) is 17.1 Å². The molecule has 2 atom stereocenters. The number of rotatable bonds is 2. The van der Waals surface area contributed by atoms with Crippen LogP contribution in [0.5, 0.6) is 0 Å². The summed E-state index contributed by atoms with van der Waals surface area (Å²) in [7, 11) is 0. The molecule has 0 N–H and O–H groups in total. The highest BCUT2D eigenvalue weighted by atomic mass is 19.4. The standard InChI is InChI=1S/C15H17F3O/c1-10-2-7-14(19)12(8-10)9-11-3-5-13(6-4-11)15(16,17)18/h3-6,10,12H,2,7-9H2,1H3. The lowest BCUT2D eigenvalue weighted by molar-refractivity contribution is -0.137. The quantitative estimate of drug-likeness (QED) is 0.785. The zero-order chi connectivity index (χ0) is 14.0. The Balaban J connectivity index is 2.05. The van der Waals surface area contributed by atoms with Gasteiger partial charge in [0.25, 0.3) is 0 Å². The average Bonchev–Trinajstić information content (AvgIpc) is 2.33. The van der Waals surface area contributed by atoms with Gasteiger partial charge in [-0.05, 0) is 42.9 Å². The van der Waals surface area contributed by atoms with Crippen LogP contribution < -0.4 is 0 Å². The lowest BCUT2D eigenvalue weighted by atomic mass is 9.78. The predicted molar refractivity (Wildman–Crippen MR) is 66.7 cm³/mol. The van der Waals surface area contributed by atoms with Gasteiger partial charge in [-0.1, -0.05) is 19.1 Å². The molecule has 1 fully saturated rings. The molecule has 2 unspecified atom stereocenters. The van der Waals surface area contributed by atoms with E-state index >= 15 is 0 Å². The van der Waals surface area contributed by atoms with Crippen LogP contribution in [0.2, 0.25) is 0 Å². The molecule has 0 spiro atoms. The molecule has 1 aromatic rings. The van der Waals surface area contributed by atoms with Gasteiger partial charge in [-0.2, -0.15) is 13.2 Å². The van der Waals surface area contributed by atoms with Crippen molar-refractivity contribution in [3.63, 3.8) is 0 Å². The summed E-state index contributed by atoms with van der Waals surface area (Å²) in [5, 5.41) is 0. The fraction of sp³-hybridized carbons (Fsp3) is 0.533. The van der Waals surface area contributed by atoms with Crippen molar-refractivity contribution in [1.82, 2.24) is 0 Å². The smallest absolute Gasteiger partial charge is 0.299 e. The Morgan fingerprint density at radius 2 is 1.84 bits per heavy atom. The molecule has 1 aromatic carbocycles. The van der Waals surface area contributed by atoms with Gasteiger partial charge in [0.05, 0.1) is 5.56 Å². The number of carbonyl (C=O) groups excluding carboxylic acids is 1. The van der Waals surface area contributed by atoms with Crippen LogP contribution >= 0.6 is 0 Å². The van der Waals surface area contributed by atoms with Crippen molar-refractivity contribution in [2.24, 2.45) is 11.8 Å². The molecule has 1 saturated carbocycles. The Bertz CT molecular complexity index is 447. The molecule has 19 heavy (non-hydrogen) atoms. The van der Waals surface area contributed by atoms with Gasteiger partial charge in [-0.25, -0.2) is 0 Å². The van der Waals surface area contributed by atoms with Crippen molar-refractivity contribution in [2.75, 3.05) is 0 Å². The molecular weight excluding hydrogens is 253 g/mol. The lowest BCUT2D eigenvalue weighted by Crippen LogP contribution is -2.25. The van der Waals surface area contributed by atoms with Crippen molar-refractivity contribution in [3.05, 3.63) is 35.4 Å². The fourth-order valence-electron chi connectivity index (χ4n) is 2.64. The molecule has 1 nitrogen and oxygen atoms in total. The van der Waals surface area contributed by atoms with Crippen molar-refractivity contribution in [3.8, 4) is 0 Å². The maximum Gasteiger partial charge on any atom is 0.416 e. The Morgan fingerprint density at radius 3 is 2.42 bits per heavy atom. The number of ketones is 1. The number of hydrogen-bond donors (Lipinski definition) is 0. The molecule has 0 radical (unpaired) electrons. The van der Waals surface area contributed by atoms with Crippen LogP contribution in [-0.2, 0) is 17.4 Å². The number of carbonyl (C=O) groups is 1. The van der Waals surface area contributed by atoms with E-state index in [2.05, 4.69) is 6.92 Å². The SMILES string of the molecule is CC1CCC(=O)C(Cc2ccc(C(F)(F)F)cc2)C1. The van der Waals surface area contributed by atoms with Crippen molar-refractivity contribution in [2.45, 2.75) is 38.8 Å². The highest BCUT2D eigenvalue weighted by Gasteiger charge is 2.30. The summed E-state index contributed by atoms with van der Waals surface area (Å²) in [5.74, 6) is 0.746. The lowest BCUT2D eigenvalue weighted by Gasteiger charge is -2.25. The third-order valence-electron chi connectivity index (χ3n) is 3.79. The molecule has 2 rings (SSSR count). The normalized spacial score (nSPS) is 24.5. The molecule has 0 heterocycles. The first-order valence-corrected chi connectivity index (χ1v) is 6.55. The summed E-state index contributed by atoms with van der Waals surface area (Å²) in [4.78, 5) is 11.8. The average molecular weight is 270 g/mol. The minimum absolute atomic E-state index is 0.0273. The van der Waals surface area contributed by atoms with Crippen molar-refractivity contribution in [1.29, 1.82) is 0 Å². The van der Waals surface area contributed by atoms with E-state index in [9.17, 15) is 18.0 Å². The molecular formula is C15H17F3O. The van der Waals surface area contributed by atoms with Crippen LogP contribution in [-0.4, -0.2) is 5.78 Å². The highest BCUT2D eigenvalue weighted by Crippen LogP contribution is 2.31. The van der Waals surface area contributed by atoms with E-state index in [0.717, 1.165) is 30.5 Å². The van der Waals surface area contributed by atoms with Gasteiger partial charge < -0.3 is 0 Å². The molecule has 0 bridgehead atoms. The first-order chi connectivity index (χ1) is 8.86. The number of benzene rings is 1. The van der Waals surface area contributed by atoms with Crippen LogP contribution in [0.25, 0.3) is 0 Å². The van der Waals surface area contributed by atoms with Gasteiger partial charge >= 0.3 is 6.18 Å². The van der Waals surface area contributed by atoms with Crippen LogP contribution in [0, 0.1) is 11.8 Å². The minimum Gasteiger partial charge on any atom is -0.299 e. The first-order valence-electron chi connectivity index (χ1n) is 6.55. The molecule has 1 aliphatic rings. The summed E-state index contributed by atoms with van der Waals surface area (Å²) >= 11 is 0. The van der Waals surface area contributed by atoms with Crippen molar-refractivity contribution < 1.29 is 18.0 Å². The second-order valence-electron chi connectivity index (χ2n) is 5.44. The van der Waals surface area contributed by atoms with E-state index in [-0.39, 0.29) is 11.7 Å². The maximum atomic E-state index is 12.4. The predicted octanol–water partition coefficient (Wildman–Crippen LogP) is 4.25. The zero-order valence-electron chi connectivity index (χ0n) is 10.8. The van der Waals surface area contributed by atoms with E-state index in [1.54, 1.807) is 0 Å². The molecule has 0 aliphatic heterocycles. The van der Waals surface area contributed by atoms with Crippen molar-refractivity contribution >= 4 is 5.78 Å². The van der Waals surface area contributed by atoms with Gasteiger partial charge in [0.2, 0.25) is 0 Å². The Labute approximate surface area is 110 Å². The minimum atomic E-state index is -4.30. The fourth-order valence-corrected chi connectivity index (χ4v) is 2.64. The number of Topliss-reactive ketones (excluding diaryl/α,β-unsaturated/α-hetero) is 1. The number of halogens is 3. The monoisotopic (exact) mass is 270 g/mol. The molecule has 0 saturated heterocycles. The first kappa shape index (κ1) is 14.1. The van der Waals surface area contributed by atoms with Gasteiger partial charge in [-0.15, -0.1) is 0 Å². The van der Waals surface area contributed by atoms with E-state index in [0.29, 0.717) is 18.8 Å². The number of alkyl halides is 3. The molecule has 104 valence electrons. The van der Waals surface area contributed by atoms with Gasteiger partial charge in [0.15, 0.2) is 0 Å². The molecule has 4 heteroatoms. The Morgan fingerprint density at radius 1 is 1.21 bits per heavy atom. The third-order valence-corrected chi connectivity index (χ3v) is 3.79. The van der Waals surface area contributed by atoms with E-state index < -0.39 is 11.7 Å². The summed E-state index contributed by atoms with van der Waals surface area (Å²) < 4.78 is 37.3. The summed E-state index contributed by atoms with van der Waals surface area (Å²) in [6.45, 7) is 2.12. The van der Waals surface area contributed by atoms with E-state index in [4.69, 9.17) is 0 Å². The van der Waals surface area contributed by atoms with Crippen LogP contribution in [0.3, 0.4) is 0 Å². The molecule has 0 aromatic heterocycles. The molecule has 1 aliphatic carbocycles. The third kappa shape index (κ3) is 3.58. The Kier molecular flexibility index (Phi) is 3.97. The van der Waals surface area contributed by atoms with Gasteiger partial charge in [0, 0.05) is 12.3 Å². The van der Waals surface area contributed by atoms with Crippen LogP contribution in [0.4, 0.5) is 13.2 Å². The van der Waals surface area contributed by atoms with E-state index in [1.165, 1.54) is 12.1 Å². The maximum absolute atomic E-state index is 12.4. The zero-order valence-corrected chi connectivity index (χ0v) is 10.8. The number of hydrogen-bond acceptors (Lipinski definition) is 1. The largest absolute Gasteiger partial charge is 0.416 e. The second-order valence-corrected chi connectivity index (χ2v) is 5.44. The van der Waals surface area contributed by atoms with E-state index in [1.807, 2.05) is 0 Å². The highest BCUT2D eigenvalue weighted by molar-refractivity contribution is 5.82. The van der Waals surface area contributed by atoms with Crippen LogP contribution in [0.1, 0.15) is 37.3 Å². The summed E-state index contributed by atoms with van der Waals surface area (Å²) in [5.41, 5.74) is 0.167. The Hall–Kier alpha value is -1.32. The molecule has 0 amide bonds. The van der Waals surface area contributed by atoms with Crippen LogP contribution in [0.15, 0.2) is 24.3 Å². The summed E-state index contributed by atoms with van der Waals surface area (Å²) in [6.07, 6.45) is -1.36. The van der Waals surface area contributed by atoms with Gasteiger partial charge in [0.1, 0.15) is 5.78 Å². The summed E-state index contributed by atoms with van der Waals surface area (Å²) in [6, 6.07) is 5.14. The second kappa shape index (κ2) is 5.35. The van der Waals surface area contributed by atoms with Gasteiger partial charge in [-0.3, -0.25) is 4.79 Å².